The Labute approximate surface area is 123 Å². The van der Waals surface area contributed by atoms with E-state index < -0.39 is 4.92 Å². The molecule has 0 unspecified atom stereocenters. The zero-order valence-corrected chi connectivity index (χ0v) is 12.5. The number of nitro groups is 1. The van der Waals surface area contributed by atoms with Gasteiger partial charge < -0.3 is 5.32 Å². The van der Waals surface area contributed by atoms with E-state index in [1.165, 1.54) is 6.42 Å². The predicted octanol–water partition coefficient (Wildman–Crippen LogP) is 3.73. The van der Waals surface area contributed by atoms with Crippen LogP contribution in [0.3, 0.4) is 0 Å². The molecule has 1 heterocycles. The molecule has 1 fully saturated rings. The van der Waals surface area contributed by atoms with Crippen LogP contribution in [0.2, 0.25) is 5.28 Å². The van der Waals surface area contributed by atoms with Crippen molar-refractivity contribution < 1.29 is 4.92 Å². The van der Waals surface area contributed by atoms with Crippen LogP contribution >= 0.6 is 11.6 Å². The Kier molecular flexibility index (Phi) is 4.75. The van der Waals surface area contributed by atoms with Crippen LogP contribution < -0.4 is 5.32 Å². The molecule has 0 spiro atoms. The molecule has 0 amide bonds. The Bertz CT molecular complexity index is 501. The van der Waals surface area contributed by atoms with E-state index in [1.54, 1.807) is 6.92 Å². The molecule has 1 aliphatic rings. The maximum atomic E-state index is 11.1. The van der Waals surface area contributed by atoms with Gasteiger partial charge in [0, 0.05) is 6.04 Å². The topological polar surface area (TPSA) is 81.0 Å². The van der Waals surface area contributed by atoms with Crippen LogP contribution in [0.15, 0.2) is 0 Å². The Morgan fingerprint density at radius 1 is 1.35 bits per heavy atom. The highest BCUT2D eigenvalue weighted by atomic mass is 35.5. The Balaban J connectivity index is 2.15. The first-order valence-corrected chi connectivity index (χ1v) is 7.34. The molecule has 0 aliphatic heterocycles. The fourth-order valence-electron chi connectivity index (χ4n) is 2.76. The van der Waals surface area contributed by atoms with Crippen LogP contribution in [0.1, 0.15) is 44.7 Å². The summed E-state index contributed by atoms with van der Waals surface area (Å²) in [6.07, 6.45) is 5.53. The highest BCUT2D eigenvalue weighted by molar-refractivity contribution is 6.28. The van der Waals surface area contributed by atoms with Gasteiger partial charge in [0.15, 0.2) is 0 Å². The third-order valence-electron chi connectivity index (χ3n) is 3.98. The molecule has 7 heteroatoms. The van der Waals surface area contributed by atoms with Gasteiger partial charge in [-0.05, 0) is 50.1 Å². The Morgan fingerprint density at radius 2 is 2.00 bits per heavy atom. The van der Waals surface area contributed by atoms with E-state index in [9.17, 15) is 10.1 Å². The fraction of sp³-hybridized carbons (Fsp3) is 0.692. The van der Waals surface area contributed by atoms with Crippen molar-refractivity contribution in [3.05, 3.63) is 21.1 Å². The second-order valence-electron chi connectivity index (χ2n) is 5.30. The molecule has 2 rings (SSSR count). The summed E-state index contributed by atoms with van der Waals surface area (Å²) in [6, 6.07) is 0.224. The SMILES string of the molecule is CCC1CCC(Nc2nc(Cl)nc(C)c2[N+](=O)[O-])CC1. The van der Waals surface area contributed by atoms with Gasteiger partial charge in [0.25, 0.3) is 0 Å². The van der Waals surface area contributed by atoms with Crippen molar-refractivity contribution in [3.8, 4) is 0 Å². The lowest BCUT2D eigenvalue weighted by molar-refractivity contribution is -0.385. The van der Waals surface area contributed by atoms with E-state index in [0.29, 0.717) is 5.69 Å². The van der Waals surface area contributed by atoms with Gasteiger partial charge in [-0.15, -0.1) is 0 Å². The first kappa shape index (κ1) is 15.0. The molecule has 0 saturated heterocycles. The average molecular weight is 299 g/mol. The second-order valence-corrected chi connectivity index (χ2v) is 5.64. The van der Waals surface area contributed by atoms with E-state index >= 15 is 0 Å². The average Bonchev–Trinajstić information content (AvgIpc) is 2.38. The standard InChI is InChI=1S/C13H19ClN4O2/c1-3-9-4-6-10(7-5-9)16-12-11(18(19)20)8(2)15-13(14)17-12/h9-10H,3-7H2,1-2H3,(H,15,16,17). The summed E-state index contributed by atoms with van der Waals surface area (Å²) in [5.41, 5.74) is 0.215. The number of nitrogens with one attached hydrogen (secondary N) is 1. The normalized spacial score (nSPS) is 22.6. The van der Waals surface area contributed by atoms with E-state index in [1.807, 2.05) is 0 Å². The number of nitrogens with zero attached hydrogens (tertiary/aromatic N) is 3. The zero-order chi connectivity index (χ0) is 14.7. The van der Waals surface area contributed by atoms with Gasteiger partial charge in [-0.2, -0.15) is 4.98 Å². The second kappa shape index (κ2) is 6.35. The maximum absolute atomic E-state index is 11.1. The molecule has 0 radical (unpaired) electrons. The third-order valence-corrected chi connectivity index (χ3v) is 4.15. The summed E-state index contributed by atoms with van der Waals surface area (Å²) in [6.45, 7) is 3.78. The lowest BCUT2D eigenvalue weighted by Gasteiger charge is -2.28. The zero-order valence-electron chi connectivity index (χ0n) is 11.7. The Morgan fingerprint density at radius 3 is 2.55 bits per heavy atom. The van der Waals surface area contributed by atoms with Crippen LogP contribution in [0.25, 0.3) is 0 Å². The summed E-state index contributed by atoms with van der Waals surface area (Å²) < 4.78 is 0. The van der Waals surface area contributed by atoms with Gasteiger partial charge >= 0.3 is 5.69 Å². The number of aryl methyl sites for hydroxylation is 1. The minimum atomic E-state index is -0.453. The highest BCUT2D eigenvalue weighted by Crippen LogP contribution is 2.32. The van der Waals surface area contributed by atoms with Gasteiger partial charge in [-0.1, -0.05) is 13.3 Å². The summed E-state index contributed by atoms with van der Waals surface area (Å²) in [7, 11) is 0. The number of hydrogen-bond acceptors (Lipinski definition) is 5. The number of rotatable bonds is 4. The molecule has 1 aromatic heterocycles. The lowest BCUT2D eigenvalue weighted by atomic mass is 9.84. The van der Waals surface area contributed by atoms with Crippen molar-refractivity contribution in [2.24, 2.45) is 5.92 Å². The smallest absolute Gasteiger partial charge is 0.332 e. The van der Waals surface area contributed by atoms with Crippen LogP contribution in [-0.2, 0) is 0 Å². The summed E-state index contributed by atoms with van der Waals surface area (Å²) in [4.78, 5) is 18.5. The summed E-state index contributed by atoms with van der Waals surface area (Å²) >= 11 is 5.81. The van der Waals surface area contributed by atoms with Crippen LogP contribution in [0, 0.1) is 23.0 Å². The first-order valence-electron chi connectivity index (χ1n) is 6.96. The maximum Gasteiger partial charge on any atom is 0.332 e. The van der Waals surface area contributed by atoms with E-state index in [-0.39, 0.29) is 22.8 Å². The largest absolute Gasteiger partial charge is 0.361 e. The van der Waals surface area contributed by atoms with Crippen molar-refractivity contribution in [3.63, 3.8) is 0 Å². The quantitative estimate of drug-likeness (QED) is 0.520. The van der Waals surface area contributed by atoms with Gasteiger partial charge in [-0.3, -0.25) is 10.1 Å². The lowest BCUT2D eigenvalue weighted by Crippen LogP contribution is -2.27. The molecule has 1 N–H and O–H groups in total. The van der Waals surface area contributed by atoms with Crippen molar-refractivity contribution in [1.29, 1.82) is 0 Å². The fourth-order valence-corrected chi connectivity index (χ4v) is 2.97. The van der Waals surface area contributed by atoms with Crippen LogP contribution in [-0.4, -0.2) is 20.9 Å². The van der Waals surface area contributed by atoms with E-state index in [4.69, 9.17) is 11.6 Å². The van der Waals surface area contributed by atoms with Gasteiger partial charge in [-0.25, -0.2) is 4.98 Å². The molecule has 1 aliphatic carbocycles. The van der Waals surface area contributed by atoms with Gasteiger partial charge in [0.05, 0.1) is 4.92 Å². The molecule has 0 aromatic carbocycles. The molecule has 110 valence electrons. The summed E-state index contributed by atoms with van der Waals surface area (Å²) in [5.74, 6) is 1.02. The molecular weight excluding hydrogens is 280 g/mol. The summed E-state index contributed by atoms with van der Waals surface area (Å²) in [5, 5.41) is 14.4. The first-order chi connectivity index (χ1) is 9.51. The number of anilines is 1. The van der Waals surface area contributed by atoms with Crippen molar-refractivity contribution in [2.45, 2.75) is 52.0 Å². The van der Waals surface area contributed by atoms with Crippen LogP contribution in [0.5, 0.6) is 0 Å². The monoisotopic (exact) mass is 298 g/mol. The Hall–Kier alpha value is -1.43. The molecule has 0 atom stereocenters. The number of aromatic nitrogens is 2. The minimum Gasteiger partial charge on any atom is -0.361 e. The van der Waals surface area contributed by atoms with Gasteiger partial charge in [0.1, 0.15) is 5.69 Å². The number of halogens is 1. The molecule has 20 heavy (non-hydrogen) atoms. The third kappa shape index (κ3) is 3.36. The van der Waals surface area contributed by atoms with Crippen molar-refractivity contribution >= 4 is 23.1 Å². The highest BCUT2D eigenvalue weighted by Gasteiger charge is 2.26. The van der Waals surface area contributed by atoms with Crippen molar-refractivity contribution in [1.82, 2.24) is 9.97 Å². The molecule has 6 nitrogen and oxygen atoms in total. The molecule has 1 saturated carbocycles. The van der Waals surface area contributed by atoms with Crippen molar-refractivity contribution in [2.75, 3.05) is 5.32 Å². The van der Waals surface area contributed by atoms with E-state index in [2.05, 4.69) is 22.2 Å². The predicted molar refractivity (Wildman–Crippen MR) is 78.1 cm³/mol. The minimum absolute atomic E-state index is 0.0397. The molecule has 0 bridgehead atoms. The van der Waals surface area contributed by atoms with E-state index in [0.717, 1.165) is 31.6 Å². The van der Waals surface area contributed by atoms with Gasteiger partial charge in [0.2, 0.25) is 11.1 Å². The molecule has 1 aromatic rings. The number of hydrogen-bond donors (Lipinski definition) is 1. The molecular formula is C13H19ClN4O2. The van der Waals surface area contributed by atoms with Crippen LogP contribution in [0.4, 0.5) is 11.5 Å².